The summed E-state index contributed by atoms with van der Waals surface area (Å²) in [6.45, 7) is 5.27. The summed E-state index contributed by atoms with van der Waals surface area (Å²) in [6.07, 6.45) is 0.881. The Labute approximate surface area is 183 Å². The van der Waals surface area contributed by atoms with Crippen molar-refractivity contribution in [3.05, 3.63) is 63.9 Å². The number of hydrogen-bond donors (Lipinski definition) is 3. The van der Waals surface area contributed by atoms with Crippen LogP contribution < -0.4 is 16.2 Å². The van der Waals surface area contributed by atoms with Crippen LogP contribution in [0.25, 0.3) is 11.3 Å². The summed E-state index contributed by atoms with van der Waals surface area (Å²) in [7, 11) is 0. The minimum Gasteiger partial charge on any atom is -0.325 e. The molecular weight excluding hydrogens is 414 g/mol. The lowest BCUT2D eigenvalue weighted by Gasteiger charge is -2.12. The second-order valence-electron chi connectivity index (χ2n) is 6.88. The molecule has 0 bridgehead atoms. The van der Waals surface area contributed by atoms with Crippen LogP contribution in [0.3, 0.4) is 0 Å². The number of nitrogens with one attached hydrogen (secondary N) is 3. The summed E-state index contributed by atoms with van der Waals surface area (Å²) < 4.78 is 0. The van der Waals surface area contributed by atoms with Crippen molar-refractivity contribution >= 4 is 35.0 Å². The second kappa shape index (κ2) is 10.0. The van der Waals surface area contributed by atoms with E-state index in [0.717, 1.165) is 35.0 Å². The number of nitrogens with zero attached hydrogens (tertiary/aromatic N) is 2. The quantitative estimate of drug-likeness (QED) is 0.488. The van der Waals surface area contributed by atoms with Gasteiger partial charge in [0.25, 0.3) is 5.56 Å². The largest absolute Gasteiger partial charge is 0.325 e. The minimum absolute atomic E-state index is 0.0713. The zero-order valence-corrected chi connectivity index (χ0v) is 18.3. The number of anilines is 2. The SMILES string of the molecule is CCc1cccc(NC(=O)CSc2nnc(-c3cccc(C)c3NC(C)=O)c(=O)[nH]2)c1. The molecule has 1 heterocycles. The number of rotatable bonds is 7. The van der Waals surface area contributed by atoms with Crippen LogP contribution in [0.15, 0.2) is 52.4 Å². The molecule has 0 unspecified atom stereocenters. The highest BCUT2D eigenvalue weighted by atomic mass is 32.2. The summed E-state index contributed by atoms with van der Waals surface area (Å²) in [6, 6.07) is 12.9. The van der Waals surface area contributed by atoms with Gasteiger partial charge in [0.1, 0.15) is 0 Å². The van der Waals surface area contributed by atoms with Crippen molar-refractivity contribution in [3.8, 4) is 11.3 Å². The standard InChI is InChI=1S/C22H23N5O3S/c1-4-15-8-6-9-16(11-15)24-18(29)12-31-22-25-21(30)20(26-27-22)17-10-5-7-13(2)19(17)23-14(3)28/h5-11H,4,12H2,1-3H3,(H,23,28)(H,24,29)(H,25,27,30). The third kappa shape index (κ3) is 5.79. The molecule has 0 aliphatic heterocycles. The fraction of sp³-hybridized carbons (Fsp3) is 0.227. The number of aromatic amines is 1. The number of carbonyl (C=O) groups is 2. The highest BCUT2D eigenvalue weighted by Crippen LogP contribution is 2.27. The number of hydrogen-bond acceptors (Lipinski definition) is 6. The molecule has 0 aliphatic rings. The zero-order chi connectivity index (χ0) is 22.4. The lowest BCUT2D eigenvalue weighted by molar-refractivity contribution is -0.114. The van der Waals surface area contributed by atoms with Crippen molar-refractivity contribution in [1.29, 1.82) is 0 Å². The first kappa shape index (κ1) is 22.2. The van der Waals surface area contributed by atoms with Crippen LogP contribution in [0.5, 0.6) is 0 Å². The van der Waals surface area contributed by atoms with Crippen LogP contribution in [-0.4, -0.2) is 32.7 Å². The van der Waals surface area contributed by atoms with E-state index < -0.39 is 5.56 Å². The number of carbonyl (C=O) groups excluding carboxylic acids is 2. The molecule has 3 N–H and O–H groups in total. The summed E-state index contributed by atoms with van der Waals surface area (Å²) in [5.41, 5.74) is 3.30. The van der Waals surface area contributed by atoms with E-state index >= 15 is 0 Å². The minimum atomic E-state index is -0.453. The molecule has 0 spiro atoms. The first-order chi connectivity index (χ1) is 14.9. The zero-order valence-electron chi connectivity index (χ0n) is 17.5. The van der Waals surface area contributed by atoms with Crippen molar-refractivity contribution < 1.29 is 9.59 Å². The van der Waals surface area contributed by atoms with Crippen molar-refractivity contribution in [2.24, 2.45) is 0 Å². The third-order valence-electron chi connectivity index (χ3n) is 4.46. The van der Waals surface area contributed by atoms with Gasteiger partial charge in [-0.3, -0.25) is 19.4 Å². The Hall–Kier alpha value is -3.46. The van der Waals surface area contributed by atoms with Gasteiger partial charge in [-0.05, 0) is 36.6 Å². The van der Waals surface area contributed by atoms with Crippen molar-refractivity contribution in [3.63, 3.8) is 0 Å². The fourth-order valence-corrected chi connectivity index (χ4v) is 3.57. The van der Waals surface area contributed by atoms with Crippen LogP contribution in [0, 0.1) is 6.92 Å². The number of benzene rings is 2. The van der Waals surface area contributed by atoms with Gasteiger partial charge in [-0.15, -0.1) is 10.2 Å². The first-order valence-corrected chi connectivity index (χ1v) is 10.7. The Balaban J connectivity index is 1.72. The van der Waals surface area contributed by atoms with Crippen LogP contribution >= 0.6 is 11.8 Å². The first-order valence-electron chi connectivity index (χ1n) is 9.73. The predicted molar refractivity (Wildman–Crippen MR) is 122 cm³/mol. The van der Waals surface area contributed by atoms with Gasteiger partial charge < -0.3 is 10.6 Å². The number of aromatic nitrogens is 3. The molecule has 3 rings (SSSR count). The number of para-hydroxylation sites is 1. The lowest BCUT2D eigenvalue weighted by atomic mass is 10.1. The second-order valence-corrected chi connectivity index (χ2v) is 7.84. The van der Waals surface area contributed by atoms with Gasteiger partial charge >= 0.3 is 0 Å². The molecule has 0 aliphatic carbocycles. The van der Waals surface area contributed by atoms with E-state index in [-0.39, 0.29) is 28.4 Å². The van der Waals surface area contributed by atoms with E-state index in [4.69, 9.17) is 0 Å². The van der Waals surface area contributed by atoms with E-state index in [1.807, 2.05) is 44.2 Å². The predicted octanol–water partition coefficient (Wildman–Crippen LogP) is 3.39. The Morgan fingerprint density at radius 1 is 1.10 bits per heavy atom. The summed E-state index contributed by atoms with van der Waals surface area (Å²) in [4.78, 5) is 39.0. The molecule has 31 heavy (non-hydrogen) atoms. The molecule has 1 aromatic heterocycles. The molecule has 2 aromatic carbocycles. The molecular formula is C22H23N5O3S. The van der Waals surface area contributed by atoms with Crippen LogP contribution in [-0.2, 0) is 16.0 Å². The molecule has 0 radical (unpaired) electrons. The number of amides is 2. The van der Waals surface area contributed by atoms with E-state index in [0.29, 0.717) is 11.3 Å². The van der Waals surface area contributed by atoms with Gasteiger partial charge in [0.2, 0.25) is 11.8 Å². The van der Waals surface area contributed by atoms with Crippen molar-refractivity contribution in [2.75, 3.05) is 16.4 Å². The summed E-state index contributed by atoms with van der Waals surface area (Å²) in [5, 5.41) is 13.9. The van der Waals surface area contributed by atoms with E-state index in [1.54, 1.807) is 12.1 Å². The Bertz CT molecular complexity index is 1180. The van der Waals surface area contributed by atoms with E-state index in [2.05, 4.69) is 25.8 Å². The maximum absolute atomic E-state index is 12.6. The molecule has 0 saturated carbocycles. The summed E-state index contributed by atoms with van der Waals surface area (Å²) in [5.74, 6) is -0.388. The number of thioether (sulfide) groups is 1. The van der Waals surface area contributed by atoms with Crippen LogP contribution in [0.4, 0.5) is 11.4 Å². The summed E-state index contributed by atoms with van der Waals surface area (Å²) >= 11 is 1.08. The van der Waals surface area contributed by atoms with Gasteiger partial charge in [-0.1, -0.05) is 49.0 Å². The smallest absolute Gasteiger partial charge is 0.278 e. The third-order valence-corrected chi connectivity index (χ3v) is 5.33. The highest BCUT2D eigenvalue weighted by molar-refractivity contribution is 7.99. The van der Waals surface area contributed by atoms with Crippen molar-refractivity contribution in [2.45, 2.75) is 32.3 Å². The van der Waals surface area contributed by atoms with Gasteiger partial charge in [0.15, 0.2) is 10.9 Å². The Morgan fingerprint density at radius 2 is 1.87 bits per heavy atom. The van der Waals surface area contributed by atoms with Gasteiger partial charge in [-0.2, -0.15) is 0 Å². The average Bonchev–Trinajstić information content (AvgIpc) is 2.74. The van der Waals surface area contributed by atoms with E-state index in [1.165, 1.54) is 6.92 Å². The van der Waals surface area contributed by atoms with Gasteiger partial charge in [0, 0.05) is 18.2 Å². The normalized spacial score (nSPS) is 10.5. The molecule has 9 heteroatoms. The number of H-pyrrole nitrogens is 1. The average molecular weight is 438 g/mol. The molecule has 3 aromatic rings. The monoisotopic (exact) mass is 437 g/mol. The Morgan fingerprint density at radius 3 is 2.58 bits per heavy atom. The topological polar surface area (TPSA) is 117 Å². The Kier molecular flexibility index (Phi) is 7.19. The molecule has 0 saturated heterocycles. The number of aryl methyl sites for hydroxylation is 2. The highest BCUT2D eigenvalue weighted by Gasteiger charge is 2.15. The molecule has 2 amide bonds. The molecule has 160 valence electrons. The maximum Gasteiger partial charge on any atom is 0.278 e. The van der Waals surface area contributed by atoms with Gasteiger partial charge in [0.05, 0.1) is 11.4 Å². The lowest BCUT2D eigenvalue weighted by Crippen LogP contribution is -2.18. The molecule has 8 nitrogen and oxygen atoms in total. The van der Waals surface area contributed by atoms with E-state index in [9.17, 15) is 14.4 Å². The molecule has 0 fully saturated rings. The fourth-order valence-electron chi connectivity index (χ4n) is 2.97. The van der Waals surface area contributed by atoms with Crippen molar-refractivity contribution in [1.82, 2.24) is 15.2 Å². The van der Waals surface area contributed by atoms with Crippen LogP contribution in [0.2, 0.25) is 0 Å². The van der Waals surface area contributed by atoms with Gasteiger partial charge in [-0.25, -0.2) is 0 Å². The molecule has 0 atom stereocenters. The maximum atomic E-state index is 12.6. The van der Waals surface area contributed by atoms with Crippen LogP contribution in [0.1, 0.15) is 25.0 Å².